The monoisotopic (exact) mass is 213 g/mol. The number of phenolic OH excluding ortho intramolecular Hbond substituents is 1. The molecule has 0 amide bonds. The molecule has 0 heterocycles. The maximum absolute atomic E-state index is 9.87. The number of ether oxygens (including phenoxy) is 1. The van der Waals surface area contributed by atoms with Crippen LogP contribution in [-0.2, 0) is 11.3 Å². The average molecular weight is 213 g/mol. The van der Waals surface area contributed by atoms with Crippen molar-refractivity contribution >= 4 is 0 Å². The summed E-state index contributed by atoms with van der Waals surface area (Å²) in [6.45, 7) is -0.0290. The highest BCUT2D eigenvalue weighted by molar-refractivity contribution is 5.41. The molecule has 1 aromatic carbocycles. The topological polar surface area (TPSA) is 81.8 Å². The minimum absolute atomic E-state index is 0.0103. The van der Waals surface area contributed by atoms with Gasteiger partial charge < -0.3 is 14.7 Å². The number of nitrogens with zero attached hydrogens (tertiary/aromatic N) is 1. The predicted octanol–water partition coefficient (Wildman–Crippen LogP) is 1.15. The van der Waals surface area contributed by atoms with Gasteiger partial charge in [0.15, 0.2) is 11.5 Å². The quantitative estimate of drug-likeness (QED) is 0.586. The summed E-state index contributed by atoms with van der Waals surface area (Å²) in [6, 6.07) is 4.79. The molecule has 0 saturated heterocycles. The second kappa shape index (κ2) is 5.04. The van der Waals surface area contributed by atoms with Crippen molar-refractivity contribution < 1.29 is 19.8 Å². The van der Waals surface area contributed by atoms with Gasteiger partial charge in [-0.15, -0.1) is 10.1 Å². The Morgan fingerprint density at radius 1 is 1.53 bits per heavy atom. The number of aromatic hydroxyl groups is 1. The standard InChI is InChI=1S/C9H11NO5/c1-14-9-3-2-7(6-8(9)11)4-5-15-10(12)13/h2-3,6,11H,4-5H2,1H3. The molecule has 0 atom stereocenters. The zero-order valence-electron chi connectivity index (χ0n) is 8.17. The lowest BCUT2D eigenvalue weighted by Gasteiger charge is -2.05. The van der Waals surface area contributed by atoms with Gasteiger partial charge in [-0.25, -0.2) is 0 Å². The second-order valence-electron chi connectivity index (χ2n) is 2.81. The van der Waals surface area contributed by atoms with Crippen molar-refractivity contribution in [3.8, 4) is 11.5 Å². The molecule has 1 rings (SSSR count). The lowest BCUT2D eigenvalue weighted by molar-refractivity contribution is -0.757. The van der Waals surface area contributed by atoms with Crippen LogP contribution in [0.4, 0.5) is 0 Å². The van der Waals surface area contributed by atoms with E-state index < -0.39 is 5.09 Å². The van der Waals surface area contributed by atoms with Crippen molar-refractivity contribution in [2.75, 3.05) is 13.7 Å². The molecule has 0 aliphatic carbocycles. The minimum Gasteiger partial charge on any atom is -0.504 e. The first-order chi connectivity index (χ1) is 7.13. The van der Waals surface area contributed by atoms with Gasteiger partial charge in [0.05, 0.1) is 7.11 Å². The van der Waals surface area contributed by atoms with Crippen LogP contribution < -0.4 is 4.74 Å². The lowest BCUT2D eigenvalue weighted by atomic mass is 10.1. The van der Waals surface area contributed by atoms with Crippen molar-refractivity contribution in [2.24, 2.45) is 0 Å². The number of methoxy groups -OCH3 is 1. The molecule has 6 nitrogen and oxygen atoms in total. The smallest absolute Gasteiger partial charge is 0.294 e. The van der Waals surface area contributed by atoms with Gasteiger partial charge in [-0.05, 0) is 24.1 Å². The first-order valence-corrected chi connectivity index (χ1v) is 4.26. The number of rotatable bonds is 5. The molecule has 1 aromatic rings. The summed E-state index contributed by atoms with van der Waals surface area (Å²) in [5.74, 6) is 0.380. The first kappa shape index (κ1) is 11.1. The Bertz CT molecular complexity index is 352. The number of phenols is 1. The SMILES string of the molecule is COc1ccc(CCO[N+](=O)[O-])cc1O. The van der Waals surface area contributed by atoms with E-state index in [9.17, 15) is 15.2 Å². The van der Waals surface area contributed by atoms with Crippen molar-refractivity contribution in [2.45, 2.75) is 6.42 Å². The van der Waals surface area contributed by atoms with Gasteiger partial charge in [0, 0.05) is 0 Å². The van der Waals surface area contributed by atoms with Gasteiger partial charge >= 0.3 is 0 Å². The van der Waals surface area contributed by atoms with Crippen molar-refractivity contribution in [3.63, 3.8) is 0 Å². The third-order valence-electron chi connectivity index (χ3n) is 1.83. The molecular weight excluding hydrogens is 202 g/mol. The maximum atomic E-state index is 9.87. The molecule has 6 heteroatoms. The minimum atomic E-state index is -0.844. The van der Waals surface area contributed by atoms with Gasteiger partial charge in [0.2, 0.25) is 0 Å². The van der Waals surface area contributed by atoms with Crippen LogP contribution in [0.15, 0.2) is 18.2 Å². The molecule has 82 valence electrons. The van der Waals surface area contributed by atoms with Crippen molar-refractivity contribution in [1.29, 1.82) is 0 Å². The van der Waals surface area contributed by atoms with E-state index in [0.29, 0.717) is 12.2 Å². The molecule has 0 spiro atoms. The van der Waals surface area contributed by atoms with E-state index >= 15 is 0 Å². The Morgan fingerprint density at radius 2 is 2.27 bits per heavy atom. The van der Waals surface area contributed by atoms with Crippen LogP contribution in [0, 0.1) is 10.1 Å². The van der Waals surface area contributed by atoms with Crippen molar-refractivity contribution in [3.05, 3.63) is 33.9 Å². The van der Waals surface area contributed by atoms with E-state index in [1.807, 2.05) is 0 Å². The number of benzene rings is 1. The van der Waals surface area contributed by atoms with Gasteiger partial charge in [-0.3, -0.25) is 0 Å². The van der Waals surface area contributed by atoms with Crippen LogP contribution in [0.2, 0.25) is 0 Å². The Morgan fingerprint density at radius 3 is 2.80 bits per heavy atom. The molecule has 0 aliphatic rings. The Labute approximate surface area is 86.2 Å². The van der Waals surface area contributed by atoms with Crippen LogP contribution in [0.1, 0.15) is 5.56 Å². The average Bonchev–Trinajstić information content (AvgIpc) is 2.17. The fraction of sp³-hybridized carbons (Fsp3) is 0.333. The van der Waals surface area contributed by atoms with Crippen LogP contribution in [0.5, 0.6) is 11.5 Å². The van der Waals surface area contributed by atoms with E-state index in [2.05, 4.69) is 4.84 Å². The predicted molar refractivity (Wildman–Crippen MR) is 51.3 cm³/mol. The van der Waals surface area contributed by atoms with Crippen LogP contribution in [0.3, 0.4) is 0 Å². The normalized spacial score (nSPS) is 9.67. The van der Waals surface area contributed by atoms with E-state index in [4.69, 9.17) is 4.74 Å². The molecule has 0 saturated carbocycles. The zero-order valence-corrected chi connectivity index (χ0v) is 8.17. The first-order valence-electron chi connectivity index (χ1n) is 4.26. The number of hydrogen-bond acceptors (Lipinski definition) is 5. The summed E-state index contributed by atoms with van der Waals surface area (Å²) in [5.41, 5.74) is 0.746. The second-order valence-corrected chi connectivity index (χ2v) is 2.81. The Balaban J connectivity index is 2.55. The highest BCUT2D eigenvalue weighted by atomic mass is 16.9. The Hall–Kier alpha value is -1.98. The summed E-state index contributed by atoms with van der Waals surface area (Å²) >= 11 is 0. The summed E-state index contributed by atoms with van der Waals surface area (Å²) in [4.78, 5) is 14.0. The molecule has 0 aliphatic heterocycles. The zero-order chi connectivity index (χ0) is 11.3. The Kier molecular flexibility index (Phi) is 3.73. The third-order valence-corrected chi connectivity index (χ3v) is 1.83. The fourth-order valence-electron chi connectivity index (χ4n) is 1.13. The van der Waals surface area contributed by atoms with E-state index in [-0.39, 0.29) is 12.4 Å². The largest absolute Gasteiger partial charge is 0.504 e. The fourth-order valence-corrected chi connectivity index (χ4v) is 1.13. The molecule has 0 bridgehead atoms. The third kappa shape index (κ3) is 3.34. The maximum Gasteiger partial charge on any atom is 0.294 e. The summed E-state index contributed by atoms with van der Waals surface area (Å²) in [5, 5.41) is 18.4. The van der Waals surface area contributed by atoms with Gasteiger partial charge in [0.1, 0.15) is 6.61 Å². The molecule has 0 unspecified atom stereocenters. The molecule has 0 radical (unpaired) electrons. The van der Waals surface area contributed by atoms with Crippen LogP contribution in [0.25, 0.3) is 0 Å². The molecular formula is C9H11NO5. The summed E-state index contributed by atoms with van der Waals surface area (Å²) in [6.07, 6.45) is 0.360. The molecule has 0 fully saturated rings. The molecule has 1 N–H and O–H groups in total. The van der Waals surface area contributed by atoms with Crippen LogP contribution in [-0.4, -0.2) is 23.9 Å². The van der Waals surface area contributed by atoms with Crippen LogP contribution >= 0.6 is 0 Å². The van der Waals surface area contributed by atoms with Gasteiger partial charge in [-0.2, -0.15) is 0 Å². The molecule has 0 aromatic heterocycles. The molecule has 15 heavy (non-hydrogen) atoms. The van der Waals surface area contributed by atoms with E-state index in [1.54, 1.807) is 12.1 Å². The summed E-state index contributed by atoms with van der Waals surface area (Å²) in [7, 11) is 1.45. The highest BCUT2D eigenvalue weighted by Gasteiger charge is 2.03. The summed E-state index contributed by atoms with van der Waals surface area (Å²) < 4.78 is 4.85. The van der Waals surface area contributed by atoms with Gasteiger partial charge in [-0.1, -0.05) is 6.07 Å². The lowest BCUT2D eigenvalue weighted by Crippen LogP contribution is -2.04. The number of hydrogen-bond donors (Lipinski definition) is 1. The highest BCUT2D eigenvalue weighted by Crippen LogP contribution is 2.26. The van der Waals surface area contributed by atoms with Crippen molar-refractivity contribution in [1.82, 2.24) is 0 Å². The van der Waals surface area contributed by atoms with E-state index in [0.717, 1.165) is 5.56 Å². The van der Waals surface area contributed by atoms with Gasteiger partial charge in [0.25, 0.3) is 5.09 Å². The van der Waals surface area contributed by atoms with E-state index in [1.165, 1.54) is 13.2 Å².